The summed E-state index contributed by atoms with van der Waals surface area (Å²) in [6.07, 6.45) is 0.874. The van der Waals surface area contributed by atoms with Gasteiger partial charge in [0.15, 0.2) is 11.5 Å². The molecule has 0 fully saturated rings. The van der Waals surface area contributed by atoms with Crippen LogP contribution in [0.4, 0.5) is 5.69 Å². The Morgan fingerprint density at radius 3 is 2.15 bits per heavy atom. The summed E-state index contributed by atoms with van der Waals surface area (Å²) in [5.74, 6) is -1.44. The van der Waals surface area contributed by atoms with Crippen LogP contribution in [0.5, 0.6) is 0 Å². The first-order valence-corrected chi connectivity index (χ1v) is 11.3. The maximum atomic E-state index is 12.9. The van der Waals surface area contributed by atoms with Gasteiger partial charge in [-0.2, -0.15) is 4.72 Å². The molecule has 0 radical (unpaired) electrons. The van der Waals surface area contributed by atoms with E-state index in [1.807, 2.05) is 0 Å². The molecule has 2 aromatic carbocycles. The number of aliphatic hydroxyl groups is 1. The monoisotopic (exact) mass is 498 g/mol. The largest absolute Gasteiger partial charge is 0.393 e. The minimum atomic E-state index is -3.88. The van der Waals surface area contributed by atoms with Crippen molar-refractivity contribution in [3.8, 4) is 0 Å². The zero-order chi connectivity index (χ0) is 23.8. The number of nitrogens with two attached hydrogens (primary N) is 2. The number of hydrogen-bond acceptors (Lipinski definition) is 6. The molecule has 0 aliphatic heterocycles. The molecule has 8 N–H and O–H groups in total. The Bertz CT molecular complexity index is 1080. The van der Waals surface area contributed by atoms with Crippen LogP contribution in [0.1, 0.15) is 11.1 Å². The Labute approximate surface area is 198 Å². The van der Waals surface area contributed by atoms with Crippen molar-refractivity contribution in [2.75, 3.05) is 19.4 Å². The normalized spacial score (nSPS) is 12.5. The lowest BCUT2D eigenvalue weighted by Gasteiger charge is -2.31. The molecule has 0 aliphatic carbocycles. The van der Waals surface area contributed by atoms with Gasteiger partial charge in [-0.15, -0.1) is 12.4 Å². The molecule has 0 bridgehead atoms. The van der Waals surface area contributed by atoms with Crippen molar-refractivity contribution in [3.63, 3.8) is 0 Å². The van der Waals surface area contributed by atoms with Crippen LogP contribution in [0, 0.1) is 0 Å². The summed E-state index contributed by atoms with van der Waals surface area (Å²) in [6, 6.07) is 14.7. The number of aliphatic hydroxyl groups excluding tert-OH is 1. The van der Waals surface area contributed by atoms with Crippen LogP contribution in [-0.4, -0.2) is 50.7 Å². The van der Waals surface area contributed by atoms with Gasteiger partial charge >= 0.3 is 0 Å². The van der Waals surface area contributed by atoms with E-state index in [0.29, 0.717) is 5.69 Å². The Morgan fingerprint density at radius 1 is 1.03 bits per heavy atom. The Balaban J connectivity index is 0.00000544. The first-order valence-electron chi connectivity index (χ1n) is 9.44. The summed E-state index contributed by atoms with van der Waals surface area (Å²) in [6.45, 7) is -1.09. The summed E-state index contributed by atoms with van der Waals surface area (Å²) < 4.78 is 25.9. The molecular formula is C20H27ClN6O5S. The third-order valence-electron chi connectivity index (χ3n) is 4.34. The molecule has 0 saturated carbocycles. The summed E-state index contributed by atoms with van der Waals surface area (Å²) in [7, 11) is -3.88. The fraction of sp³-hybridized carbons (Fsp3) is 0.250. The van der Waals surface area contributed by atoms with Gasteiger partial charge in [-0.25, -0.2) is 13.4 Å². The minimum Gasteiger partial charge on any atom is -0.393 e. The second-order valence-electron chi connectivity index (χ2n) is 6.97. The predicted octanol–water partition coefficient (Wildman–Crippen LogP) is -0.817. The van der Waals surface area contributed by atoms with Crippen molar-refractivity contribution < 1.29 is 23.1 Å². The molecule has 13 heteroatoms. The molecule has 0 heterocycles. The number of benzene rings is 2. The van der Waals surface area contributed by atoms with E-state index in [2.05, 4.69) is 20.3 Å². The highest BCUT2D eigenvalue weighted by Crippen LogP contribution is 2.22. The fourth-order valence-corrected chi connectivity index (χ4v) is 3.79. The van der Waals surface area contributed by atoms with Crippen LogP contribution >= 0.6 is 12.4 Å². The highest BCUT2D eigenvalue weighted by atomic mass is 35.5. The van der Waals surface area contributed by atoms with Crippen LogP contribution in [0.15, 0.2) is 59.6 Å². The molecule has 0 saturated heterocycles. The minimum absolute atomic E-state index is 0. The number of guanidine groups is 1. The van der Waals surface area contributed by atoms with Crippen LogP contribution in [0.3, 0.4) is 0 Å². The number of nitrogens with one attached hydrogen (secondary N) is 3. The van der Waals surface area contributed by atoms with E-state index in [0.717, 1.165) is 11.8 Å². The van der Waals surface area contributed by atoms with Crippen molar-refractivity contribution in [2.24, 2.45) is 16.5 Å². The number of hydrogen-bond donors (Lipinski definition) is 6. The molecular weight excluding hydrogens is 472 g/mol. The third kappa shape index (κ3) is 8.35. The number of carbonyl (C=O) groups is 2. The van der Waals surface area contributed by atoms with Gasteiger partial charge in [0, 0.05) is 6.54 Å². The topological polar surface area (TPSA) is 189 Å². The average molecular weight is 499 g/mol. The van der Waals surface area contributed by atoms with Crippen LogP contribution in [-0.2, 0) is 31.7 Å². The molecule has 1 unspecified atom stereocenters. The molecule has 2 rings (SSSR count). The lowest BCUT2D eigenvalue weighted by atomic mass is 9.91. The molecule has 1 atom stereocenters. The van der Waals surface area contributed by atoms with E-state index in [1.165, 1.54) is 12.1 Å². The van der Waals surface area contributed by atoms with E-state index in [1.54, 1.807) is 42.5 Å². The van der Waals surface area contributed by atoms with E-state index in [9.17, 15) is 23.1 Å². The lowest BCUT2D eigenvalue weighted by Crippen LogP contribution is -2.59. The molecule has 33 heavy (non-hydrogen) atoms. The van der Waals surface area contributed by atoms with Gasteiger partial charge in [0.05, 0.1) is 25.1 Å². The average Bonchev–Trinajstić information content (AvgIpc) is 2.75. The number of rotatable bonds is 10. The highest BCUT2D eigenvalue weighted by molar-refractivity contribution is 7.88. The van der Waals surface area contributed by atoms with Crippen molar-refractivity contribution >= 4 is 45.9 Å². The number of sulfonamides is 1. The predicted molar refractivity (Wildman–Crippen MR) is 127 cm³/mol. The summed E-state index contributed by atoms with van der Waals surface area (Å²) in [5, 5.41) is 15.0. The zero-order valence-electron chi connectivity index (χ0n) is 17.8. The van der Waals surface area contributed by atoms with E-state index >= 15 is 0 Å². The summed E-state index contributed by atoms with van der Waals surface area (Å²) in [4.78, 5) is 29.0. The summed E-state index contributed by atoms with van der Waals surface area (Å²) >= 11 is 0. The van der Waals surface area contributed by atoms with Crippen LogP contribution < -0.4 is 26.8 Å². The van der Waals surface area contributed by atoms with Crippen molar-refractivity contribution in [1.29, 1.82) is 0 Å². The van der Waals surface area contributed by atoms with Gasteiger partial charge in [0.1, 0.15) is 0 Å². The maximum absolute atomic E-state index is 12.9. The van der Waals surface area contributed by atoms with Gasteiger partial charge in [0.25, 0.3) is 0 Å². The van der Waals surface area contributed by atoms with Crippen LogP contribution in [0.25, 0.3) is 0 Å². The lowest BCUT2D eigenvalue weighted by molar-refractivity contribution is -0.131. The number of nitrogens with zero attached hydrogens (tertiary/aromatic N) is 1. The standard InChI is InChI=1S/C20H26N6O5S.ClH/c1-32(30,31)26-20(13-27,15-5-3-2-4-6-15)18(29)24-12-17(28)23-11-14-7-9-16(10-8-14)25-19(21)22;/h2-10,26-27H,11-13H2,1H3,(H,23,28)(H,24,29)(H4,21,22,25);1H. The number of carbonyl (C=O) groups excluding carboxylic acids is 2. The Morgan fingerprint density at radius 2 is 1.64 bits per heavy atom. The van der Waals surface area contributed by atoms with Crippen molar-refractivity contribution in [2.45, 2.75) is 12.1 Å². The van der Waals surface area contributed by atoms with Crippen molar-refractivity contribution in [3.05, 3.63) is 65.7 Å². The Hall–Kier alpha value is -3.19. The van der Waals surface area contributed by atoms with Gasteiger partial charge in [-0.1, -0.05) is 42.5 Å². The summed E-state index contributed by atoms with van der Waals surface area (Å²) in [5.41, 5.74) is 10.2. The molecule has 2 aromatic rings. The number of halogens is 1. The van der Waals surface area contributed by atoms with Gasteiger partial charge in [0.2, 0.25) is 21.8 Å². The smallest absolute Gasteiger partial charge is 0.248 e. The van der Waals surface area contributed by atoms with Gasteiger partial charge in [-0.3, -0.25) is 9.59 Å². The first-order chi connectivity index (χ1) is 15.1. The third-order valence-corrected chi connectivity index (χ3v) is 5.06. The van der Waals surface area contributed by atoms with E-state index in [-0.39, 0.29) is 30.5 Å². The molecule has 0 aromatic heterocycles. The van der Waals surface area contributed by atoms with Crippen LogP contribution in [0.2, 0.25) is 0 Å². The van der Waals surface area contributed by atoms with E-state index < -0.39 is 40.5 Å². The second-order valence-corrected chi connectivity index (χ2v) is 8.71. The second kappa shape index (κ2) is 12.2. The van der Waals surface area contributed by atoms with Gasteiger partial charge in [-0.05, 0) is 23.3 Å². The Kier molecular flexibility index (Phi) is 10.3. The van der Waals surface area contributed by atoms with E-state index in [4.69, 9.17) is 11.5 Å². The number of amides is 2. The maximum Gasteiger partial charge on any atom is 0.248 e. The van der Waals surface area contributed by atoms with Gasteiger partial charge < -0.3 is 27.2 Å². The molecule has 180 valence electrons. The first kappa shape index (κ1) is 27.8. The highest BCUT2D eigenvalue weighted by Gasteiger charge is 2.42. The number of aliphatic imine (C=N–C) groups is 1. The fourth-order valence-electron chi connectivity index (χ4n) is 2.88. The SMILES string of the molecule is CS(=O)(=O)NC(CO)(C(=O)NCC(=O)NCc1ccc(N=C(N)N)cc1)c1ccccc1.Cl. The molecule has 0 spiro atoms. The zero-order valence-corrected chi connectivity index (χ0v) is 19.4. The molecule has 11 nitrogen and oxygen atoms in total. The van der Waals surface area contributed by atoms with Crippen molar-refractivity contribution in [1.82, 2.24) is 15.4 Å². The quantitative estimate of drug-likeness (QED) is 0.182. The molecule has 0 aliphatic rings. The molecule has 2 amide bonds.